The largest absolute Gasteiger partial charge is 0.320 e. The van der Waals surface area contributed by atoms with Gasteiger partial charge in [-0.25, -0.2) is 4.39 Å². The lowest BCUT2D eigenvalue weighted by Crippen LogP contribution is -2.47. The second-order valence-electron chi connectivity index (χ2n) is 11.0. The van der Waals surface area contributed by atoms with Crippen molar-refractivity contribution >= 4 is 23.2 Å². The van der Waals surface area contributed by atoms with Crippen LogP contribution in [0.4, 0.5) is 10.1 Å². The second-order valence-corrected chi connectivity index (χ2v) is 11.6. The number of carbonyl (C=O) groups excluding carboxylic acids is 1. The molecule has 2 aromatic carbocycles. The van der Waals surface area contributed by atoms with E-state index in [0.717, 1.165) is 53.9 Å². The third kappa shape index (κ3) is 3.75. The van der Waals surface area contributed by atoms with Crippen LogP contribution in [0.15, 0.2) is 42.7 Å². The highest BCUT2D eigenvalue weighted by Gasteiger charge is 2.49. The number of fused-ring (bicyclic) bond motifs is 1. The van der Waals surface area contributed by atoms with Gasteiger partial charge in [0.1, 0.15) is 18.8 Å². The van der Waals surface area contributed by atoms with E-state index in [2.05, 4.69) is 34.6 Å². The first-order valence-electron chi connectivity index (χ1n) is 12.7. The van der Waals surface area contributed by atoms with Crippen LogP contribution < -0.4 is 10.2 Å². The van der Waals surface area contributed by atoms with Gasteiger partial charge in [0.2, 0.25) is 0 Å². The zero-order valence-electron chi connectivity index (χ0n) is 20.7. The predicted molar refractivity (Wildman–Crippen MR) is 138 cm³/mol. The van der Waals surface area contributed by atoms with Crippen LogP contribution in [0.3, 0.4) is 0 Å². The highest BCUT2D eigenvalue weighted by atomic mass is 35.5. The van der Waals surface area contributed by atoms with Crippen LogP contribution >= 0.6 is 11.6 Å². The third-order valence-corrected chi connectivity index (χ3v) is 8.81. The lowest BCUT2D eigenvalue weighted by atomic mass is 9.63. The number of amides is 1. The van der Waals surface area contributed by atoms with Gasteiger partial charge in [0.05, 0.1) is 12.0 Å². The van der Waals surface area contributed by atoms with Crippen molar-refractivity contribution in [1.29, 1.82) is 0 Å². The van der Waals surface area contributed by atoms with E-state index in [0.29, 0.717) is 24.2 Å². The van der Waals surface area contributed by atoms with Gasteiger partial charge in [-0.15, -0.1) is 21.8 Å². The molecule has 36 heavy (non-hydrogen) atoms. The van der Waals surface area contributed by atoms with Crippen molar-refractivity contribution in [3.63, 3.8) is 0 Å². The minimum Gasteiger partial charge on any atom is -0.320 e. The fourth-order valence-corrected chi connectivity index (χ4v) is 6.64. The van der Waals surface area contributed by atoms with Crippen LogP contribution in [0.5, 0.6) is 0 Å². The number of rotatable bonds is 7. The van der Waals surface area contributed by atoms with Crippen LogP contribution in [0.2, 0.25) is 0 Å². The summed E-state index contributed by atoms with van der Waals surface area (Å²) < 4.78 is 16.0. The third-order valence-electron chi connectivity index (χ3n) is 8.50. The molecule has 2 saturated carbocycles. The second kappa shape index (κ2) is 8.67. The molecule has 3 aliphatic rings. The van der Waals surface area contributed by atoms with E-state index >= 15 is 0 Å². The van der Waals surface area contributed by atoms with Gasteiger partial charge in [-0.3, -0.25) is 4.79 Å². The monoisotopic (exact) mass is 507 g/mol. The van der Waals surface area contributed by atoms with Crippen molar-refractivity contribution in [2.24, 2.45) is 7.05 Å². The Hall–Kier alpha value is -2.77. The zero-order valence-corrected chi connectivity index (χ0v) is 21.5. The standard InChI is InChI=1S/C28H31ClFN5O/c1-27(7-4-8-27)31-15-18-9-19(14-30)24-16-35(25(36)23(24)10-18)22-6-3-5-20(11-22)28(12-21(29)13-28)26-33-32-17-34(26)2/h3,5-6,9-11,17,21,31H,4,7-8,12-16H2,1-2H3. The summed E-state index contributed by atoms with van der Waals surface area (Å²) in [6.45, 7) is 2.65. The summed E-state index contributed by atoms with van der Waals surface area (Å²) >= 11 is 6.46. The van der Waals surface area contributed by atoms with Gasteiger partial charge in [0.15, 0.2) is 0 Å². The van der Waals surface area contributed by atoms with Crippen molar-refractivity contribution < 1.29 is 9.18 Å². The van der Waals surface area contributed by atoms with Gasteiger partial charge in [-0.1, -0.05) is 18.2 Å². The molecular weight excluding hydrogens is 477 g/mol. The lowest BCUT2D eigenvalue weighted by Gasteiger charge is -2.44. The Kier molecular flexibility index (Phi) is 5.68. The maximum Gasteiger partial charge on any atom is 0.258 e. The molecule has 2 fully saturated rings. The van der Waals surface area contributed by atoms with Crippen LogP contribution in [0, 0.1) is 0 Å². The Morgan fingerprint density at radius 2 is 2.03 bits per heavy atom. The fraction of sp³-hybridized carbons (Fsp3) is 0.464. The topological polar surface area (TPSA) is 63.1 Å². The van der Waals surface area contributed by atoms with E-state index in [1.54, 1.807) is 11.2 Å². The van der Waals surface area contributed by atoms with Crippen LogP contribution in [0.1, 0.15) is 77.5 Å². The molecule has 1 amide bonds. The molecule has 1 aliphatic heterocycles. The molecule has 0 bridgehead atoms. The predicted octanol–water partition coefficient (Wildman–Crippen LogP) is 5.16. The van der Waals surface area contributed by atoms with E-state index in [9.17, 15) is 9.18 Å². The first kappa shape index (κ1) is 23.6. The Balaban J connectivity index is 1.30. The number of benzene rings is 2. The van der Waals surface area contributed by atoms with Gasteiger partial charge in [0.25, 0.3) is 5.91 Å². The number of nitrogens with zero attached hydrogens (tertiary/aromatic N) is 4. The fourth-order valence-electron chi connectivity index (χ4n) is 6.11. The Labute approximate surface area is 215 Å². The number of aromatic nitrogens is 3. The number of carbonyl (C=O) groups is 1. The summed E-state index contributed by atoms with van der Waals surface area (Å²) in [6.07, 6.45) is 6.77. The zero-order chi connectivity index (χ0) is 25.1. The molecule has 2 aliphatic carbocycles. The maximum absolute atomic E-state index is 14.1. The van der Waals surface area contributed by atoms with Crippen molar-refractivity contribution in [2.45, 2.75) is 75.1 Å². The Morgan fingerprint density at radius 3 is 2.67 bits per heavy atom. The highest BCUT2D eigenvalue weighted by molar-refractivity contribution is 6.21. The molecule has 2 heterocycles. The first-order valence-corrected chi connectivity index (χ1v) is 13.1. The van der Waals surface area contributed by atoms with E-state index < -0.39 is 6.67 Å². The van der Waals surface area contributed by atoms with Gasteiger partial charge in [0, 0.05) is 35.8 Å². The van der Waals surface area contributed by atoms with Crippen LogP contribution in [-0.4, -0.2) is 31.6 Å². The average molecular weight is 508 g/mol. The smallest absolute Gasteiger partial charge is 0.258 e. The number of halogens is 2. The van der Waals surface area contributed by atoms with E-state index in [1.807, 2.05) is 35.9 Å². The number of anilines is 1. The molecule has 1 N–H and O–H groups in total. The van der Waals surface area contributed by atoms with Crippen molar-refractivity contribution in [1.82, 2.24) is 20.1 Å². The van der Waals surface area contributed by atoms with E-state index in [-0.39, 0.29) is 22.2 Å². The lowest BCUT2D eigenvalue weighted by molar-refractivity contribution is 0.0996. The highest BCUT2D eigenvalue weighted by Crippen LogP contribution is 2.51. The number of hydrogen-bond acceptors (Lipinski definition) is 4. The molecule has 0 saturated heterocycles. The minimum absolute atomic E-state index is 0.0735. The van der Waals surface area contributed by atoms with Crippen LogP contribution in [0.25, 0.3) is 0 Å². The van der Waals surface area contributed by atoms with Crippen molar-refractivity contribution in [2.75, 3.05) is 4.90 Å². The molecule has 3 aromatic rings. The molecule has 0 atom stereocenters. The number of nitrogens with one attached hydrogen (secondary N) is 1. The first-order chi connectivity index (χ1) is 17.3. The molecule has 0 radical (unpaired) electrons. The molecular formula is C28H31ClFN5O. The molecule has 6 rings (SSSR count). The molecule has 0 unspecified atom stereocenters. The van der Waals surface area contributed by atoms with Gasteiger partial charge < -0.3 is 14.8 Å². The summed E-state index contributed by atoms with van der Waals surface area (Å²) in [7, 11) is 1.94. The summed E-state index contributed by atoms with van der Waals surface area (Å²) in [5.41, 5.74) is 4.66. The average Bonchev–Trinajstić information content (AvgIpc) is 3.42. The van der Waals surface area contributed by atoms with Crippen molar-refractivity contribution in [3.8, 4) is 0 Å². The number of hydrogen-bond donors (Lipinski definition) is 1. The molecule has 8 heteroatoms. The number of alkyl halides is 2. The summed E-state index contributed by atoms with van der Waals surface area (Å²) in [5, 5.41) is 12.2. The minimum atomic E-state index is -0.582. The molecule has 6 nitrogen and oxygen atoms in total. The normalized spacial score (nSPS) is 24.4. The van der Waals surface area contributed by atoms with E-state index in [1.165, 1.54) is 6.42 Å². The maximum atomic E-state index is 14.1. The van der Waals surface area contributed by atoms with Gasteiger partial charge >= 0.3 is 0 Å². The molecule has 1 aromatic heterocycles. The summed E-state index contributed by atoms with van der Waals surface area (Å²) in [5.74, 6) is 0.801. The Bertz CT molecular complexity index is 1330. The van der Waals surface area contributed by atoms with Gasteiger partial charge in [-0.2, -0.15) is 0 Å². The van der Waals surface area contributed by atoms with Gasteiger partial charge in [-0.05, 0) is 79.5 Å². The van der Waals surface area contributed by atoms with E-state index in [4.69, 9.17) is 11.6 Å². The number of aryl methyl sites for hydroxylation is 1. The quantitative estimate of drug-likeness (QED) is 0.448. The SMILES string of the molecule is Cn1cnnc1C1(c2cccc(N3Cc4c(CF)cc(CNC5(C)CCC5)cc4C3=O)c2)CC(Cl)C1. The van der Waals surface area contributed by atoms with Crippen molar-refractivity contribution in [3.05, 3.63) is 76.4 Å². The molecule has 0 spiro atoms. The Morgan fingerprint density at radius 1 is 1.22 bits per heavy atom. The van der Waals surface area contributed by atoms with Crippen LogP contribution in [-0.2, 0) is 32.2 Å². The summed E-state index contributed by atoms with van der Waals surface area (Å²) in [4.78, 5) is 15.4. The molecule has 188 valence electrons. The summed E-state index contributed by atoms with van der Waals surface area (Å²) in [6, 6.07) is 11.9.